The summed E-state index contributed by atoms with van der Waals surface area (Å²) in [6, 6.07) is 19.6. The molecular formula is C27H27N3O2S2. The van der Waals surface area contributed by atoms with Crippen molar-refractivity contribution in [2.75, 3.05) is 7.11 Å². The number of ether oxygens (including phenoxy) is 1. The highest BCUT2D eigenvalue weighted by atomic mass is 32.1. The lowest BCUT2D eigenvalue weighted by Gasteiger charge is -2.17. The minimum atomic E-state index is -0.103. The lowest BCUT2D eigenvalue weighted by atomic mass is 10.1. The minimum Gasteiger partial charge on any atom is -0.867 e. The highest BCUT2D eigenvalue weighted by Crippen LogP contribution is 2.25. The maximum Gasteiger partial charge on any atom is 0.238 e. The van der Waals surface area contributed by atoms with Gasteiger partial charge < -0.3 is 19.7 Å². The molecule has 0 unspecified atom stereocenters. The minimum absolute atomic E-state index is 0.103. The van der Waals surface area contributed by atoms with Crippen molar-refractivity contribution in [2.24, 2.45) is 0 Å². The summed E-state index contributed by atoms with van der Waals surface area (Å²) in [5.41, 5.74) is 4.11. The zero-order valence-electron chi connectivity index (χ0n) is 19.4. The van der Waals surface area contributed by atoms with Gasteiger partial charge in [-0.2, -0.15) is 4.57 Å². The number of pyridine rings is 1. The number of aryl methyl sites for hydroxylation is 1. The number of nitrogens with zero attached hydrogens (tertiary/aromatic N) is 2. The molecular weight excluding hydrogens is 462 g/mol. The van der Waals surface area contributed by atoms with Crippen molar-refractivity contribution in [3.05, 3.63) is 106 Å². The van der Waals surface area contributed by atoms with Gasteiger partial charge in [-0.1, -0.05) is 36.5 Å². The van der Waals surface area contributed by atoms with Gasteiger partial charge in [0, 0.05) is 34.9 Å². The fraction of sp³-hybridized carbons (Fsp3) is 0.185. The van der Waals surface area contributed by atoms with E-state index in [1.165, 1.54) is 4.88 Å². The van der Waals surface area contributed by atoms with E-state index in [1.807, 2.05) is 80.8 Å². The maximum absolute atomic E-state index is 13.9. The van der Waals surface area contributed by atoms with E-state index in [1.54, 1.807) is 23.0 Å². The van der Waals surface area contributed by atoms with Gasteiger partial charge in [-0.05, 0) is 60.4 Å². The Bertz CT molecular complexity index is 1290. The molecule has 0 atom stereocenters. The fourth-order valence-corrected chi connectivity index (χ4v) is 4.82. The molecule has 0 saturated carbocycles. The van der Waals surface area contributed by atoms with Crippen molar-refractivity contribution in [3.63, 3.8) is 0 Å². The summed E-state index contributed by atoms with van der Waals surface area (Å²) in [4.78, 5) is 1.65. The molecule has 1 N–H and O–H groups in total. The van der Waals surface area contributed by atoms with Crippen LogP contribution < -0.4 is 19.7 Å². The molecule has 1 aromatic carbocycles. The van der Waals surface area contributed by atoms with Crippen LogP contribution in [-0.4, -0.2) is 16.7 Å². The van der Waals surface area contributed by atoms with Crippen LogP contribution in [0.4, 0.5) is 0 Å². The molecule has 0 fully saturated rings. The van der Waals surface area contributed by atoms with E-state index in [0.717, 1.165) is 29.2 Å². The third-order valence-electron chi connectivity index (χ3n) is 5.73. The number of benzene rings is 1. The molecule has 0 aliphatic rings. The van der Waals surface area contributed by atoms with E-state index < -0.39 is 0 Å². The summed E-state index contributed by atoms with van der Waals surface area (Å²) in [6.45, 7) is 5.28. The summed E-state index contributed by atoms with van der Waals surface area (Å²) in [5, 5.41) is 19.2. The van der Waals surface area contributed by atoms with Crippen molar-refractivity contribution in [1.29, 1.82) is 0 Å². The molecule has 4 rings (SSSR count). The summed E-state index contributed by atoms with van der Waals surface area (Å²) in [6.07, 6.45) is 3.69. The number of hydrogen-bond donors (Lipinski definition) is 1. The van der Waals surface area contributed by atoms with E-state index in [2.05, 4.69) is 21.3 Å². The SMILES string of the molecule is COc1ccc(CNC(=S)/C(=C(/[O-])c2cc(C)n(Cc3cccs3)c2C)[n+]2ccccc2)cc1. The average molecular weight is 490 g/mol. The highest BCUT2D eigenvalue weighted by Gasteiger charge is 2.21. The van der Waals surface area contributed by atoms with Crippen LogP contribution in [0.25, 0.3) is 11.5 Å². The van der Waals surface area contributed by atoms with Gasteiger partial charge in [-0.15, -0.1) is 11.3 Å². The van der Waals surface area contributed by atoms with Gasteiger partial charge in [-0.3, -0.25) is 0 Å². The van der Waals surface area contributed by atoms with Crippen LogP contribution in [0.3, 0.4) is 0 Å². The van der Waals surface area contributed by atoms with Crippen LogP contribution in [0.5, 0.6) is 5.75 Å². The summed E-state index contributed by atoms with van der Waals surface area (Å²) < 4.78 is 9.20. The van der Waals surface area contributed by atoms with Crippen LogP contribution in [0.1, 0.15) is 27.4 Å². The number of thiocarbonyl (C=S) groups is 1. The molecule has 0 amide bonds. The van der Waals surface area contributed by atoms with E-state index >= 15 is 0 Å². The Morgan fingerprint density at radius 1 is 1.09 bits per heavy atom. The van der Waals surface area contributed by atoms with Crippen molar-refractivity contribution in [3.8, 4) is 5.75 Å². The highest BCUT2D eigenvalue weighted by molar-refractivity contribution is 7.81. The van der Waals surface area contributed by atoms with Crippen molar-refractivity contribution in [1.82, 2.24) is 9.88 Å². The predicted octanol–water partition coefficient (Wildman–Crippen LogP) is 4.31. The van der Waals surface area contributed by atoms with Gasteiger partial charge in [0.2, 0.25) is 5.70 Å². The standard InChI is InChI=1S/C27H27N3O2S2/c1-19-16-24(20(2)30(19)18-23-8-7-15-34-23)26(31)25(29-13-5-4-6-14-29)27(33)28-17-21-9-11-22(32-3)12-10-21/h4-16H,17-18H2,1-3H3,(H-,28,31,33). The van der Waals surface area contributed by atoms with Crippen molar-refractivity contribution >= 4 is 40.0 Å². The third kappa shape index (κ3) is 5.21. The number of hydrogen-bond acceptors (Lipinski definition) is 4. The smallest absolute Gasteiger partial charge is 0.238 e. The number of rotatable bonds is 8. The molecule has 7 heteroatoms. The first-order valence-electron chi connectivity index (χ1n) is 11.0. The molecule has 0 saturated heterocycles. The molecule has 0 aliphatic carbocycles. The number of methoxy groups -OCH3 is 1. The Morgan fingerprint density at radius 3 is 2.47 bits per heavy atom. The van der Waals surface area contributed by atoms with Gasteiger partial charge >= 0.3 is 0 Å². The summed E-state index contributed by atoms with van der Waals surface area (Å²) >= 11 is 7.45. The van der Waals surface area contributed by atoms with Crippen LogP contribution in [-0.2, 0) is 13.1 Å². The lowest BCUT2D eigenvalue weighted by Crippen LogP contribution is -2.42. The van der Waals surface area contributed by atoms with Crippen molar-refractivity contribution in [2.45, 2.75) is 26.9 Å². The molecule has 4 aromatic rings. The van der Waals surface area contributed by atoms with Crippen LogP contribution in [0.15, 0.2) is 78.4 Å². The summed E-state index contributed by atoms with van der Waals surface area (Å²) in [5.74, 6) is 0.695. The fourth-order valence-electron chi connectivity index (χ4n) is 3.86. The number of nitrogens with one attached hydrogen (secondary N) is 1. The Morgan fingerprint density at radius 2 is 1.82 bits per heavy atom. The first-order chi connectivity index (χ1) is 16.5. The summed E-state index contributed by atoms with van der Waals surface area (Å²) in [7, 11) is 1.64. The Hall–Kier alpha value is -3.42. The topological polar surface area (TPSA) is 53.1 Å². The van der Waals surface area contributed by atoms with Gasteiger partial charge in [-0.25, -0.2) is 0 Å². The van der Waals surface area contributed by atoms with E-state index in [9.17, 15) is 5.11 Å². The van der Waals surface area contributed by atoms with E-state index in [0.29, 0.717) is 22.8 Å². The molecule has 0 radical (unpaired) electrons. The van der Waals surface area contributed by atoms with Gasteiger partial charge in [0.1, 0.15) is 5.75 Å². The Kier molecular flexibility index (Phi) is 7.45. The maximum atomic E-state index is 13.9. The molecule has 3 aromatic heterocycles. The number of aromatic nitrogens is 2. The lowest BCUT2D eigenvalue weighted by molar-refractivity contribution is -0.578. The molecule has 0 spiro atoms. The van der Waals surface area contributed by atoms with Crippen LogP contribution in [0.2, 0.25) is 0 Å². The van der Waals surface area contributed by atoms with Crippen LogP contribution >= 0.6 is 23.6 Å². The van der Waals surface area contributed by atoms with Gasteiger partial charge in [0.05, 0.1) is 13.7 Å². The molecule has 3 heterocycles. The van der Waals surface area contributed by atoms with Gasteiger partial charge in [0.25, 0.3) is 0 Å². The molecule has 174 valence electrons. The Labute approximate surface area is 209 Å². The van der Waals surface area contributed by atoms with E-state index in [4.69, 9.17) is 17.0 Å². The Balaban J connectivity index is 1.67. The first kappa shape index (κ1) is 23.7. The molecule has 5 nitrogen and oxygen atoms in total. The second-order valence-corrected chi connectivity index (χ2v) is 9.38. The second-order valence-electron chi connectivity index (χ2n) is 7.94. The average Bonchev–Trinajstić information content (AvgIpc) is 3.47. The van der Waals surface area contributed by atoms with Crippen LogP contribution in [0, 0.1) is 13.8 Å². The second kappa shape index (κ2) is 10.7. The quantitative estimate of drug-likeness (QED) is 0.173. The van der Waals surface area contributed by atoms with Crippen molar-refractivity contribution < 1.29 is 14.4 Å². The first-order valence-corrected chi connectivity index (χ1v) is 12.2. The van der Waals surface area contributed by atoms with E-state index in [-0.39, 0.29) is 5.76 Å². The largest absolute Gasteiger partial charge is 0.867 e. The normalized spacial score (nSPS) is 11.7. The zero-order valence-corrected chi connectivity index (χ0v) is 21.1. The monoisotopic (exact) mass is 489 g/mol. The predicted molar refractivity (Wildman–Crippen MR) is 140 cm³/mol. The molecule has 0 bridgehead atoms. The zero-order chi connectivity index (χ0) is 24.1. The van der Waals surface area contributed by atoms with Gasteiger partial charge in [0.15, 0.2) is 17.4 Å². The molecule has 34 heavy (non-hydrogen) atoms. The number of thiophene rings is 1. The molecule has 0 aliphatic heterocycles. The third-order valence-corrected chi connectivity index (χ3v) is 6.93.